The maximum Gasteiger partial charge on any atom is 0.317 e. The number of carbonyl (C=O) groups excluding carboxylic acids is 3. The third-order valence-corrected chi connectivity index (χ3v) is 13.6. The van der Waals surface area contributed by atoms with Crippen molar-refractivity contribution >= 4 is 23.5 Å². The average Bonchev–Trinajstić information content (AvgIpc) is 3.51. The highest BCUT2D eigenvalue weighted by atomic mass is 16.7. The second kappa shape index (κ2) is 17.1. The smallest absolute Gasteiger partial charge is 0.317 e. The van der Waals surface area contributed by atoms with Crippen molar-refractivity contribution < 1.29 is 53.0 Å². The fraction of sp³-hybridized carbons (Fsp3) is 0.630. The normalized spacial score (nSPS) is 39.7. The van der Waals surface area contributed by atoms with Crippen LogP contribution in [0.25, 0.3) is 0 Å². The summed E-state index contributed by atoms with van der Waals surface area (Å²) in [6, 6.07) is 7.35. The lowest BCUT2D eigenvalue weighted by molar-refractivity contribution is -0.335. The van der Waals surface area contributed by atoms with Gasteiger partial charge in [0, 0.05) is 38.0 Å². The molecule has 4 fully saturated rings. The Kier molecular flexibility index (Phi) is 12.6. The Morgan fingerprint density at radius 2 is 1.79 bits per heavy atom. The van der Waals surface area contributed by atoms with Crippen LogP contribution in [0.15, 0.2) is 71.4 Å². The second-order valence-corrected chi connectivity index (χ2v) is 17.6. The summed E-state index contributed by atoms with van der Waals surface area (Å²) < 4.78 is 37.4. The number of methoxy groups -OCH3 is 1. The van der Waals surface area contributed by atoms with Gasteiger partial charge in [0.05, 0.1) is 24.2 Å². The number of hydrogen-bond donors (Lipinski definition) is 3. The molecule has 316 valence electrons. The lowest BCUT2D eigenvalue weighted by Crippen LogP contribution is -2.58. The largest absolute Gasteiger partial charge is 0.462 e. The van der Waals surface area contributed by atoms with Crippen molar-refractivity contribution in [3.63, 3.8) is 0 Å². The molecule has 0 radical (unpaired) electrons. The lowest BCUT2D eigenvalue weighted by Gasteiger charge is -2.50. The van der Waals surface area contributed by atoms with Crippen LogP contribution >= 0.6 is 0 Å². The van der Waals surface area contributed by atoms with Crippen LogP contribution < -0.4 is 5.32 Å². The number of aliphatic hydroxyl groups excluding tert-OH is 1. The molecular formula is C46H61NO11. The van der Waals surface area contributed by atoms with E-state index in [0.29, 0.717) is 61.3 Å². The molecule has 11 atom stereocenters. The number of anilines is 1. The fourth-order valence-corrected chi connectivity index (χ4v) is 9.94. The van der Waals surface area contributed by atoms with Crippen LogP contribution in [0.3, 0.4) is 0 Å². The van der Waals surface area contributed by atoms with Gasteiger partial charge in [-0.3, -0.25) is 14.4 Å². The molecule has 3 saturated heterocycles. The Morgan fingerprint density at radius 1 is 1.03 bits per heavy atom. The molecule has 6 aliphatic rings. The molecule has 7 rings (SSSR count). The molecule has 4 aliphatic heterocycles. The molecule has 12 nitrogen and oxygen atoms in total. The minimum atomic E-state index is -1.84. The van der Waals surface area contributed by atoms with Crippen molar-refractivity contribution in [2.75, 3.05) is 25.6 Å². The van der Waals surface area contributed by atoms with E-state index < -0.39 is 53.1 Å². The first-order valence-electron chi connectivity index (χ1n) is 21.1. The van der Waals surface area contributed by atoms with Crippen LogP contribution in [-0.4, -0.2) is 96.4 Å². The number of rotatable bonds is 7. The van der Waals surface area contributed by atoms with E-state index in [1.165, 1.54) is 7.11 Å². The van der Waals surface area contributed by atoms with Gasteiger partial charge in [0.1, 0.15) is 42.5 Å². The molecule has 1 aromatic carbocycles. The summed E-state index contributed by atoms with van der Waals surface area (Å²) in [6.45, 7) is 9.95. The van der Waals surface area contributed by atoms with E-state index in [0.717, 1.165) is 30.4 Å². The van der Waals surface area contributed by atoms with Gasteiger partial charge in [-0.05, 0) is 86.3 Å². The Hall–Kier alpha value is -3.65. The van der Waals surface area contributed by atoms with Crippen LogP contribution in [-0.2, 0) is 48.2 Å². The maximum absolute atomic E-state index is 14.4. The molecule has 0 unspecified atom stereocenters. The Morgan fingerprint density at radius 3 is 2.48 bits per heavy atom. The highest BCUT2D eigenvalue weighted by Crippen LogP contribution is 2.48. The van der Waals surface area contributed by atoms with Crippen LogP contribution in [0.1, 0.15) is 98.0 Å². The van der Waals surface area contributed by atoms with Crippen LogP contribution in [0, 0.1) is 17.8 Å². The zero-order valence-corrected chi connectivity index (χ0v) is 34.7. The van der Waals surface area contributed by atoms with Gasteiger partial charge >= 0.3 is 11.9 Å². The number of aliphatic hydroxyl groups is 2. The van der Waals surface area contributed by atoms with E-state index in [1.807, 2.05) is 32.1 Å². The second-order valence-electron chi connectivity index (χ2n) is 17.6. The number of ether oxygens (including phenoxy) is 6. The number of hydrogen-bond acceptors (Lipinski definition) is 11. The number of nitrogens with one attached hydrogen (secondary N) is 1. The minimum Gasteiger partial charge on any atom is -0.462 e. The number of carbonyl (C=O) groups is 3. The highest BCUT2D eigenvalue weighted by Gasteiger charge is 2.60. The molecule has 1 spiro atoms. The molecule has 58 heavy (non-hydrogen) atoms. The van der Waals surface area contributed by atoms with Gasteiger partial charge in [0.2, 0.25) is 5.91 Å². The van der Waals surface area contributed by atoms with Gasteiger partial charge in [-0.1, -0.05) is 69.7 Å². The van der Waals surface area contributed by atoms with E-state index in [-0.39, 0.29) is 43.2 Å². The molecule has 2 aliphatic carbocycles. The summed E-state index contributed by atoms with van der Waals surface area (Å²) >= 11 is 0. The lowest BCUT2D eigenvalue weighted by atomic mass is 9.64. The first kappa shape index (κ1) is 42.5. The average molecular weight is 804 g/mol. The Bertz CT molecular complexity index is 1830. The predicted molar refractivity (Wildman–Crippen MR) is 215 cm³/mol. The van der Waals surface area contributed by atoms with Crippen molar-refractivity contribution in [2.45, 2.75) is 146 Å². The van der Waals surface area contributed by atoms with Crippen molar-refractivity contribution in [1.82, 2.24) is 0 Å². The molecule has 4 heterocycles. The third-order valence-electron chi connectivity index (χ3n) is 13.6. The van der Waals surface area contributed by atoms with Crippen LogP contribution in [0.2, 0.25) is 0 Å². The van der Waals surface area contributed by atoms with E-state index in [2.05, 4.69) is 25.2 Å². The van der Waals surface area contributed by atoms with Gasteiger partial charge in [0.25, 0.3) is 0 Å². The zero-order chi connectivity index (χ0) is 41.4. The Balaban J connectivity index is 1.22. The van der Waals surface area contributed by atoms with Crippen LogP contribution in [0.4, 0.5) is 5.69 Å². The molecule has 3 N–H and O–H groups in total. The topological polar surface area (TPSA) is 159 Å². The van der Waals surface area contributed by atoms with Crippen molar-refractivity contribution in [1.29, 1.82) is 0 Å². The molecule has 2 bridgehead atoms. The predicted octanol–water partition coefficient (Wildman–Crippen LogP) is 6.15. The Labute approximate surface area is 342 Å². The zero-order valence-electron chi connectivity index (χ0n) is 34.7. The number of amides is 1. The first-order valence-corrected chi connectivity index (χ1v) is 21.1. The summed E-state index contributed by atoms with van der Waals surface area (Å²) in [5, 5.41) is 26.4. The quantitative estimate of drug-likeness (QED) is 0.214. The molecule has 1 aromatic rings. The first-order chi connectivity index (χ1) is 27.7. The minimum absolute atomic E-state index is 0.00456. The van der Waals surface area contributed by atoms with Gasteiger partial charge in [0.15, 0.2) is 5.79 Å². The van der Waals surface area contributed by atoms with E-state index in [9.17, 15) is 24.6 Å². The molecular weight excluding hydrogens is 743 g/mol. The van der Waals surface area contributed by atoms with E-state index in [4.69, 9.17) is 28.4 Å². The van der Waals surface area contributed by atoms with Gasteiger partial charge in [-0.15, -0.1) is 0 Å². The van der Waals surface area contributed by atoms with E-state index in [1.54, 1.807) is 37.3 Å². The van der Waals surface area contributed by atoms with Crippen LogP contribution in [0.5, 0.6) is 0 Å². The summed E-state index contributed by atoms with van der Waals surface area (Å²) in [6.07, 6.45) is 11.2. The molecule has 1 saturated carbocycles. The number of fused-ring (bicyclic) bond motifs is 2. The number of benzene rings is 1. The molecule has 1 amide bonds. The number of esters is 2. The summed E-state index contributed by atoms with van der Waals surface area (Å²) in [5.41, 5.74) is 0.632. The molecule has 12 heteroatoms. The summed E-state index contributed by atoms with van der Waals surface area (Å²) in [5.74, 6) is -3.13. The monoisotopic (exact) mass is 803 g/mol. The standard InChI is InChI=1S/C46H61NO11/c1-7-37-27(2)18-21-45(58-37)24-35-23-34(57-45)17-12-29(4)40(56-43(51)44(19-9-20-44)31-13-15-33(16-14-31)47-38(48)26-53-6)28(3)10-8-11-32-25-54-41-39(49)30(5)22-36(42(50)55-35)46(32,41)52/h8,10-16,22,27-28,34-37,39-41,49,52H,7,9,17-21,23-26H2,1-6H3,(H,47,48)/b10-8+,29-12+,32-11+/t27-,28-,34+,35-,36-,37+,39+,40+,41+,45+,46+/m0/s1. The van der Waals surface area contributed by atoms with Gasteiger partial charge in [-0.25, -0.2) is 0 Å². The van der Waals surface area contributed by atoms with Crippen molar-refractivity contribution in [3.8, 4) is 0 Å². The SMILES string of the molecule is CC[C@H]1O[C@]2(CC[C@@H]1C)C[C@@H]1C[C@@H](C/C=C(\C)[C@H](OC(=O)C3(c4ccc(NC(=O)COC)cc4)CCC3)[C@@H](C)/C=C/C=C3\CO[C@@H]4[C@H](O)C(C)=C[C@@H](C(=O)O1)[C@]34O)O2. The van der Waals surface area contributed by atoms with E-state index >= 15 is 0 Å². The maximum atomic E-state index is 14.4. The van der Waals surface area contributed by atoms with Gasteiger partial charge in [-0.2, -0.15) is 0 Å². The van der Waals surface area contributed by atoms with Gasteiger partial charge < -0.3 is 44.0 Å². The summed E-state index contributed by atoms with van der Waals surface area (Å²) in [4.78, 5) is 40.8. The third kappa shape index (κ3) is 8.12. The highest BCUT2D eigenvalue weighted by molar-refractivity contribution is 5.92. The van der Waals surface area contributed by atoms with Crippen molar-refractivity contribution in [3.05, 3.63) is 76.9 Å². The molecule has 0 aromatic heterocycles. The number of allylic oxidation sites excluding steroid dienone is 2. The summed E-state index contributed by atoms with van der Waals surface area (Å²) in [7, 11) is 1.46. The van der Waals surface area contributed by atoms with Crippen molar-refractivity contribution in [2.24, 2.45) is 17.8 Å². The fourth-order valence-electron chi connectivity index (χ4n) is 9.94.